The molecule has 1 aliphatic heterocycles. The molecule has 1 aliphatic rings. The second-order valence-corrected chi connectivity index (χ2v) is 8.84. The molecule has 1 unspecified atom stereocenters. The first-order chi connectivity index (χ1) is 16.0. The van der Waals surface area contributed by atoms with Crippen LogP contribution in [0.3, 0.4) is 0 Å². The minimum Gasteiger partial charge on any atom is -0.496 e. The topological polar surface area (TPSA) is 78.3 Å². The van der Waals surface area contributed by atoms with E-state index in [4.69, 9.17) is 26.2 Å². The van der Waals surface area contributed by atoms with Gasteiger partial charge >= 0.3 is 5.97 Å². The van der Waals surface area contributed by atoms with E-state index >= 15 is 0 Å². The molecule has 0 saturated carbocycles. The lowest BCUT2D eigenvalue weighted by Crippen LogP contribution is -2.30. The number of allylic oxidation sites excluding steroid dienone is 1. The number of nitrogens with zero attached hydrogens (tertiary/aromatic N) is 3. The van der Waals surface area contributed by atoms with Crippen LogP contribution in [0.15, 0.2) is 65.0 Å². The van der Waals surface area contributed by atoms with Crippen LogP contribution in [0.2, 0.25) is 5.02 Å². The summed E-state index contributed by atoms with van der Waals surface area (Å²) in [6.45, 7) is 4.15. The second kappa shape index (κ2) is 10.3. The summed E-state index contributed by atoms with van der Waals surface area (Å²) in [4.78, 5) is 17.7. The third-order valence-electron chi connectivity index (χ3n) is 5.24. The van der Waals surface area contributed by atoms with Gasteiger partial charge in [-0.1, -0.05) is 66.7 Å². The molecule has 2 aromatic carbocycles. The number of carbonyl (C=O) groups is 1. The number of carbonyl (C=O) groups excluding carboxylic acids is 1. The van der Waals surface area contributed by atoms with Crippen LogP contribution in [-0.4, -0.2) is 34.5 Å². The molecule has 1 atom stereocenters. The zero-order chi connectivity index (χ0) is 23.4. The maximum absolute atomic E-state index is 13.1. The predicted molar refractivity (Wildman–Crippen MR) is 130 cm³/mol. The first-order valence-corrected chi connectivity index (χ1v) is 12.0. The number of halogens is 1. The van der Waals surface area contributed by atoms with Crippen molar-refractivity contribution in [3.05, 3.63) is 76.0 Å². The molecule has 2 heterocycles. The maximum atomic E-state index is 13.1. The molecule has 0 amide bonds. The number of esters is 1. The van der Waals surface area contributed by atoms with Crippen molar-refractivity contribution in [1.82, 2.24) is 14.8 Å². The van der Waals surface area contributed by atoms with E-state index in [1.54, 1.807) is 11.8 Å². The van der Waals surface area contributed by atoms with Crippen molar-refractivity contribution >= 4 is 35.3 Å². The Kier molecular flexibility index (Phi) is 7.25. The molecule has 1 aromatic heterocycles. The molecule has 4 rings (SSSR count). The maximum Gasteiger partial charge on any atom is 0.338 e. The Morgan fingerprint density at radius 1 is 1.21 bits per heavy atom. The molecule has 7 nitrogen and oxygen atoms in total. The van der Waals surface area contributed by atoms with Crippen molar-refractivity contribution in [3.63, 3.8) is 0 Å². The summed E-state index contributed by atoms with van der Waals surface area (Å²) in [6.07, 6.45) is 0.738. The lowest BCUT2D eigenvalue weighted by Gasteiger charge is -2.29. The number of anilines is 1. The molecule has 9 heteroatoms. The van der Waals surface area contributed by atoms with E-state index in [0.717, 1.165) is 17.5 Å². The number of nitrogens with one attached hydrogen (secondary N) is 1. The van der Waals surface area contributed by atoms with Crippen molar-refractivity contribution < 1.29 is 14.3 Å². The largest absolute Gasteiger partial charge is 0.496 e. The van der Waals surface area contributed by atoms with Gasteiger partial charge in [-0.25, -0.2) is 9.48 Å². The second-order valence-electron chi connectivity index (χ2n) is 7.49. The van der Waals surface area contributed by atoms with Crippen LogP contribution in [0.4, 0.5) is 5.95 Å². The number of para-hydroxylation sites is 1. The molecule has 172 valence electrons. The number of fused-ring (bicyclic) bond motifs is 1. The van der Waals surface area contributed by atoms with Crippen molar-refractivity contribution in [1.29, 1.82) is 0 Å². The van der Waals surface area contributed by atoms with Gasteiger partial charge in [0.2, 0.25) is 11.1 Å². The first kappa shape index (κ1) is 23.2. The molecule has 0 fully saturated rings. The molecule has 0 spiro atoms. The van der Waals surface area contributed by atoms with Gasteiger partial charge in [-0.15, -0.1) is 5.10 Å². The highest BCUT2D eigenvalue weighted by molar-refractivity contribution is 7.98. The molecule has 33 heavy (non-hydrogen) atoms. The Morgan fingerprint density at radius 2 is 1.97 bits per heavy atom. The van der Waals surface area contributed by atoms with E-state index in [1.165, 1.54) is 11.8 Å². The SMILES string of the molecule is CCCOC(=O)C1=C(C)Nc2nc(SCc3ccccc3Cl)nn2C1c1ccccc1OC. The molecule has 0 bridgehead atoms. The minimum atomic E-state index is -0.538. The van der Waals surface area contributed by atoms with Gasteiger partial charge in [0.15, 0.2) is 0 Å². The average Bonchev–Trinajstić information content (AvgIpc) is 3.23. The van der Waals surface area contributed by atoms with Crippen molar-refractivity contribution in [2.24, 2.45) is 0 Å². The molecule has 1 N–H and O–H groups in total. The summed E-state index contributed by atoms with van der Waals surface area (Å²) in [5.41, 5.74) is 2.96. The Hall–Kier alpha value is -2.97. The number of thioether (sulfide) groups is 1. The van der Waals surface area contributed by atoms with Gasteiger partial charge in [0.25, 0.3) is 0 Å². The van der Waals surface area contributed by atoms with Gasteiger partial charge in [0.05, 0.1) is 19.3 Å². The third-order valence-corrected chi connectivity index (χ3v) is 6.49. The van der Waals surface area contributed by atoms with Gasteiger partial charge < -0.3 is 14.8 Å². The summed E-state index contributed by atoms with van der Waals surface area (Å²) < 4.78 is 12.8. The molecule has 3 aromatic rings. The Labute approximate surface area is 202 Å². The van der Waals surface area contributed by atoms with Crippen LogP contribution in [-0.2, 0) is 15.3 Å². The van der Waals surface area contributed by atoms with E-state index in [0.29, 0.717) is 45.5 Å². The minimum absolute atomic E-state index is 0.345. The van der Waals surface area contributed by atoms with Gasteiger partial charge in [0, 0.05) is 22.0 Å². The van der Waals surface area contributed by atoms with E-state index < -0.39 is 6.04 Å². The van der Waals surface area contributed by atoms with Gasteiger partial charge in [-0.2, -0.15) is 4.98 Å². The van der Waals surface area contributed by atoms with E-state index in [1.807, 2.05) is 62.4 Å². The van der Waals surface area contributed by atoms with Gasteiger partial charge in [-0.05, 0) is 31.0 Å². The number of rotatable bonds is 8. The normalized spacial score (nSPS) is 15.1. The molecular formula is C24H25ClN4O3S. The first-order valence-electron chi connectivity index (χ1n) is 10.6. The van der Waals surface area contributed by atoms with E-state index in [2.05, 4.69) is 10.3 Å². The van der Waals surface area contributed by atoms with Crippen molar-refractivity contribution in [2.75, 3.05) is 19.0 Å². The molecule has 0 saturated heterocycles. The lowest BCUT2D eigenvalue weighted by molar-refractivity contribution is -0.139. The standard InChI is InChI=1S/C24H25ClN4O3S/c1-4-13-32-22(30)20-15(2)26-23-27-24(33-14-16-9-5-7-11-18(16)25)28-29(23)21(20)17-10-6-8-12-19(17)31-3/h5-12,21H,4,13-14H2,1-3H3,(H,26,27,28). The Balaban J connectivity index is 1.72. The highest BCUT2D eigenvalue weighted by atomic mass is 35.5. The van der Waals surface area contributed by atoms with Crippen LogP contribution in [0.25, 0.3) is 0 Å². The van der Waals surface area contributed by atoms with E-state index in [-0.39, 0.29) is 5.97 Å². The Bertz CT molecular complexity index is 1190. The van der Waals surface area contributed by atoms with Crippen molar-refractivity contribution in [2.45, 2.75) is 37.2 Å². The fraction of sp³-hybridized carbons (Fsp3) is 0.292. The highest BCUT2D eigenvalue weighted by Crippen LogP contribution is 2.40. The number of hydrogen-bond donors (Lipinski definition) is 1. The Morgan fingerprint density at radius 3 is 2.73 bits per heavy atom. The fourth-order valence-corrected chi connectivity index (χ4v) is 4.78. The zero-order valence-corrected chi connectivity index (χ0v) is 20.2. The number of aromatic nitrogens is 3. The van der Waals surface area contributed by atoms with Crippen LogP contribution >= 0.6 is 23.4 Å². The number of methoxy groups -OCH3 is 1. The quantitative estimate of drug-likeness (QED) is 0.335. The summed E-state index contributed by atoms with van der Waals surface area (Å²) in [5.74, 6) is 1.45. The molecular weight excluding hydrogens is 460 g/mol. The highest BCUT2D eigenvalue weighted by Gasteiger charge is 2.36. The molecule has 0 aliphatic carbocycles. The number of benzene rings is 2. The lowest BCUT2D eigenvalue weighted by atomic mass is 9.95. The monoisotopic (exact) mass is 484 g/mol. The zero-order valence-electron chi connectivity index (χ0n) is 18.7. The van der Waals surface area contributed by atoms with Crippen LogP contribution < -0.4 is 10.1 Å². The van der Waals surface area contributed by atoms with Gasteiger partial charge in [0.1, 0.15) is 11.8 Å². The van der Waals surface area contributed by atoms with Crippen LogP contribution in [0, 0.1) is 0 Å². The smallest absolute Gasteiger partial charge is 0.338 e. The fourth-order valence-electron chi connectivity index (χ4n) is 3.67. The van der Waals surface area contributed by atoms with Crippen LogP contribution in [0.1, 0.15) is 37.4 Å². The average molecular weight is 485 g/mol. The number of hydrogen-bond acceptors (Lipinski definition) is 7. The molecule has 0 radical (unpaired) electrons. The summed E-state index contributed by atoms with van der Waals surface area (Å²) in [7, 11) is 1.61. The summed E-state index contributed by atoms with van der Waals surface area (Å²) >= 11 is 7.78. The number of ether oxygens (including phenoxy) is 2. The third kappa shape index (κ3) is 4.86. The summed E-state index contributed by atoms with van der Waals surface area (Å²) in [6, 6.07) is 14.8. The van der Waals surface area contributed by atoms with Gasteiger partial charge in [-0.3, -0.25) is 0 Å². The van der Waals surface area contributed by atoms with Crippen LogP contribution in [0.5, 0.6) is 5.75 Å². The predicted octanol–water partition coefficient (Wildman–Crippen LogP) is 5.47. The summed E-state index contributed by atoms with van der Waals surface area (Å²) in [5, 5.41) is 9.25. The van der Waals surface area contributed by atoms with Crippen molar-refractivity contribution in [3.8, 4) is 5.75 Å². The van der Waals surface area contributed by atoms with E-state index in [9.17, 15) is 4.79 Å².